The molecule has 0 atom stereocenters. The second kappa shape index (κ2) is 6.75. The van der Waals surface area contributed by atoms with E-state index in [-0.39, 0.29) is 12.3 Å². The van der Waals surface area contributed by atoms with Crippen LogP contribution in [0.2, 0.25) is 0 Å². The highest BCUT2D eigenvalue weighted by molar-refractivity contribution is 5.78. The molecule has 1 amide bonds. The highest BCUT2D eigenvalue weighted by Crippen LogP contribution is 2.12. The molecular formula is C15H18N2O3. The third-order valence-electron chi connectivity index (χ3n) is 2.95. The van der Waals surface area contributed by atoms with Gasteiger partial charge in [-0.15, -0.1) is 0 Å². The van der Waals surface area contributed by atoms with Crippen molar-refractivity contribution in [1.29, 1.82) is 0 Å². The highest BCUT2D eigenvalue weighted by Gasteiger charge is 2.12. The molecule has 0 saturated carbocycles. The van der Waals surface area contributed by atoms with Gasteiger partial charge in [0, 0.05) is 5.56 Å². The Labute approximate surface area is 117 Å². The molecule has 1 aromatic heterocycles. The van der Waals surface area contributed by atoms with Gasteiger partial charge in [-0.05, 0) is 26.0 Å². The van der Waals surface area contributed by atoms with E-state index >= 15 is 0 Å². The summed E-state index contributed by atoms with van der Waals surface area (Å²) in [6.07, 6.45) is 0.284. The number of aryl methyl sites for hydroxylation is 2. The number of aromatic nitrogens is 1. The number of hydrogen-bond acceptors (Lipinski definition) is 4. The molecular weight excluding hydrogens is 256 g/mol. The zero-order chi connectivity index (χ0) is 14.4. The van der Waals surface area contributed by atoms with Crippen LogP contribution < -0.4 is 10.1 Å². The normalized spacial score (nSPS) is 10.3. The fourth-order valence-electron chi connectivity index (χ4n) is 1.85. The molecule has 1 aromatic carbocycles. The van der Waals surface area contributed by atoms with Crippen molar-refractivity contribution >= 4 is 5.91 Å². The Morgan fingerprint density at radius 1 is 1.30 bits per heavy atom. The molecule has 2 aromatic rings. The Bertz CT molecular complexity index is 544. The summed E-state index contributed by atoms with van der Waals surface area (Å²) in [7, 11) is 0. The van der Waals surface area contributed by atoms with Crippen LogP contribution in [-0.2, 0) is 11.2 Å². The first-order valence-corrected chi connectivity index (χ1v) is 6.53. The Hall–Kier alpha value is -2.30. The first-order chi connectivity index (χ1) is 9.66. The number of benzene rings is 1. The van der Waals surface area contributed by atoms with Crippen molar-refractivity contribution in [2.24, 2.45) is 0 Å². The molecule has 0 spiro atoms. The minimum Gasteiger partial charge on any atom is -0.492 e. The zero-order valence-corrected chi connectivity index (χ0v) is 11.7. The number of ether oxygens (including phenoxy) is 1. The molecule has 1 N–H and O–H groups in total. The number of para-hydroxylation sites is 1. The van der Waals surface area contributed by atoms with Crippen LogP contribution in [-0.4, -0.2) is 24.2 Å². The van der Waals surface area contributed by atoms with Gasteiger partial charge in [0.1, 0.15) is 18.1 Å². The average Bonchev–Trinajstić information content (AvgIpc) is 2.77. The second-order valence-electron chi connectivity index (χ2n) is 4.49. The highest BCUT2D eigenvalue weighted by atomic mass is 16.5. The third-order valence-corrected chi connectivity index (χ3v) is 2.95. The van der Waals surface area contributed by atoms with Gasteiger partial charge in [0.25, 0.3) is 0 Å². The van der Waals surface area contributed by atoms with Gasteiger partial charge in [-0.3, -0.25) is 4.79 Å². The van der Waals surface area contributed by atoms with Crippen LogP contribution in [0, 0.1) is 13.8 Å². The maximum Gasteiger partial charge on any atom is 0.224 e. The predicted octanol–water partition coefficient (Wildman–Crippen LogP) is 2.03. The molecule has 0 aliphatic rings. The summed E-state index contributed by atoms with van der Waals surface area (Å²) in [6.45, 7) is 4.55. The first kappa shape index (κ1) is 14.1. The summed E-state index contributed by atoms with van der Waals surface area (Å²) in [6, 6.07) is 9.51. The molecule has 0 aliphatic heterocycles. The Kier molecular flexibility index (Phi) is 4.76. The molecule has 0 saturated heterocycles. The van der Waals surface area contributed by atoms with Gasteiger partial charge in [0.2, 0.25) is 5.91 Å². The lowest BCUT2D eigenvalue weighted by Gasteiger charge is -2.07. The lowest BCUT2D eigenvalue weighted by molar-refractivity contribution is -0.120. The van der Waals surface area contributed by atoms with Gasteiger partial charge in [-0.25, -0.2) is 0 Å². The fraction of sp³-hybridized carbons (Fsp3) is 0.333. The number of rotatable bonds is 6. The van der Waals surface area contributed by atoms with E-state index in [0.29, 0.717) is 18.9 Å². The maximum absolute atomic E-state index is 11.8. The van der Waals surface area contributed by atoms with Crippen molar-refractivity contribution in [2.45, 2.75) is 20.3 Å². The van der Waals surface area contributed by atoms with E-state index in [0.717, 1.165) is 17.0 Å². The second-order valence-corrected chi connectivity index (χ2v) is 4.49. The van der Waals surface area contributed by atoms with Crippen LogP contribution in [0.4, 0.5) is 0 Å². The van der Waals surface area contributed by atoms with Crippen molar-refractivity contribution in [3.63, 3.8) is 0 Å². The van der Waals surface area contributed by atoms with Crippen LogP contribution in [0.5, 0.6) is 5.75 Å². The van der Waals surface area contributed by atoms with Gasteiger partial charge in [-0.1, -0.05) is 23.4 Å². The molecule has 2 rings (SSSR count). The molecule has 0 unspecified atom stereocenters. The van der Waals surface area contributed by atoms with Crippen molar-refractivity contribution in [1.82, 2.24) is 10.5 Å². The molecule has 1 heterocycles. The maximum atomic E-state index is 11.8. The molecule has 106 valence electrons. The number of carbonyl (C=O) groups excluding carboxylic acids is 1. The van der Waals surface area contributed by atoms with Gasteiger partial charge in [0.05, 0.1) is 18.7 Å². The van der Waals surface area contributed by atoms with Crippen molar-refractivity contribution in [3.05, 3.63) is 47.3 Å². The van der Waals surface area contributed by atoms with Gasteiger partial charge < -0.3 is 14.6 Å². The Morgan fingerprint density at radius 2 is 2.05 bits per heavy atom. The van der Waals surface area contributed by atoms with Crippen molar-refractivity contribution in [2.75, 3.05) is 13.2 Å². The van der Waals surface area contributed by atoms with Gasteiger partial charge in [-0.2, -0.15) is 0 Å². The van der Waals surface area contributed by atoms with E-state index in [1.807, 2.05) is 37.3 Å². The summed E-state index contributed by atoms with van der Waals surface area (Å²) in [5, 5.41) is 6.64. The van der Waals surface area contributed by atoms with Crippen LogP contribution >= 0.6 is 0 Å². The lowest BCUT2D eigenvalue weighted by Crippen LogP contribution is -2.29. The van der Waals surface area contributed by atoms with E-state index < -0.39 is 0 Å². The SMILES string of the molecule is Cc1noc(C)c1CC(=O)NCCOc1ccccc1. The zero-order valence-electron chi connectivity index (χ0n) is 11.7. The summed E-state index contributed by atoms with van der Waals surface area (Å²) in [5.41, 5.74) is 1.62. The largest absolute Gasteiger partial charge is 0.492 e. The predicted molar refractivity (Wildman–Crippen MR) is 74.6 cm³/mol. The third kappa shape index (κ3) is 3.85. The smallest absolute Gasteiger partial charge is 0.224 e. The monoisotopic (exact) mass is 274 g/mol. The fourth-order valence-corrected chi connectivity index (χ4v) is 1.85. The molecule has 20 heavy (non-hydrogen) atoms. The van der Waals surface area contributed by atoms with Gasteiger partial charge >= 0.3 is 0 Å². The van der Waals surface area contributed by atoms with E-state index in [9.17, 15) is 4.79 Å². The lowest BCUT2D eigenvalue weighted by atomic mass is 10.1. The quantitative estimate of drug-likeness (QED) is 0.819. The van der Waals surface area contributed by atoms with E-state index in [2.05, 4.69) is 10.5 Å². The van der Waals surface area contributed by atoms with E-state index in [4.69, 9.17) is 9.26 Å². The minimum absolute atomic E-state index is 0.0592. The molecule has 0 bridgehead atoms. The summed E-state index contributed by atoms with van der Waals surface area (Å²) >= 11 is 0. The number of carbonyl (C=O) groups is 1. The molecule has 0 aliphatic carbocycles. The minimum atomic E-state index is -0.0592. The van der Waals surface area contributed by atoms with Crippen LogP contribution in [0.25, 0.3) is 0 Å². The summed E-state index contributed by atoms with van der Waals surface area (Å²) < 4.78 is 10.5. The topological polar surface area (TPSA) is 64.4 Å². The number of nitrogens with one attached hydrogen (secondary N) is 1. The van der Waals surface area contributed by atoms with E-state index in [1.54, 1.807) is 6.92 Å². The molecule has 0 radical (unpaired) electrons. The first-order valence-electron chi connectivity index (χ1n) is 6.53. The summed E-state index contributed by atoms with van der Waals surface area (Å²) in [4.78, 5) is 11.8. The van der Waals surface area contributed by atoms with E-state index in [1.165, 1.54) is 0 Å². The van der Waals surface area contributed by atoms with Crippen molar-refractivity contribution in [3.8, 4) is 5.75 Å². The molecule has 5 nitrogen and oxygen atoms in total. The van der Waals surface area contributed by atoms with Gasteiger partial charge in [0.15, 0.2) is 0 Å². The number of nitrogens with zero attached hydrogens (tertiary/aromatic N) is 1. The average molecular weight is 274 g/mol. The standard InChI is InChI=1S/C15H18N2O3/c1-11-14(12(2)20-17-11)10-15(18)16-8-9-19-13-6-4-3-5-7-13/h3-7H,8-10H2,1-2H3,(H,16,18). The Balaban J connectivity index is 1.71. The molecule has 0 fully saturated rings. The van der Waals surface area contributed by atoms with Crippen LogP contribution in [0.15, 0.2) is 34.9 Å². The van der Waals surface area contributed by atoms with Crippen molar-refractivity contribution < 1.29 is 14.1 Å². The Morgan fingerprint density at radius 3 is 2.70 bits per heavy atom. The summed E-state index contributed by atoms with van der Waals surface area (Å²) in [5.74, 6) is 1.43. The molecule has 5 heteroatoms. The number of amides is 1. The van der Waals surface area contributed by atoms with Crippen LogP contribution in [0.1, 0.15) is 17.0 Å². The van der Waals surface area contributed by atoms with Crippen LogP contribution in [0.3, 0.4) is 0 Å². The number of hydrogen-bond donors (Lipinski definition) is 1.